The molecule has 0 saturated heterocycles. The lowest BCUT2D eigenvalue weighted by Crippen LogP contribution is -2.04. The fourth-order valence-corrected chi connectivity index (χ4v) is 6.64. The maximum Gasteiger partial charge on any atom is 0.338 e. The van der Waals surface area contributed by atoms with E-state index in [0.717, 1.165) is 50.3 Å². The molecule has 0 aromatic heterocycles. The van der Waals surface area contributed by atoms with Crippen molar-refractivity contribution in [2.24, 2.45) is 0 Å². The molecule has 0 fully saturated rings. The number of carbonyl (C=O) groups excluding carboxylic acids is 2. The number of ether oxygens (including phenoxy) is 3. The van der Waals surface area contributed by atoms with Gasteiger partial charge in [0.05, 0.1) is 24.3 Å². The molecule has 57 heavy (non-hydrogen) atoms. The molecular formula is C49H40Cl2O6. The second-order valence-electron chi connectivity index (χ2n) is 12.8. The number of phenols is 1. The fraction of sp³-hybridized carbons (Fsp3) is 0.102. The Kier molecular flexibility index (Phi) is 13.8. The number of hydrogen-bond donors (Lipinski definition) is 1. The van der Waals surface area contributed by atoms with Crippen LogP contribution in [0.1, 0.15) is 40.1 Å². The van der Waals surface area contributed by atoms with Crippen LogP contribution in [0, 0.1) is 0 Å². The normalized spacial score (nSPS) is 10.5. The van der Waals surface area contributed by atoms with Crippen molar-refractivity contribution >= 4 is 35.1 Å². The molecule has 0 spiro atoms. The number of hydrogen-bond acceptors (Lipinski definition) is 6. The number of rotatable bonds is 11. The van der Waals surface area contributed by atoms with Gasteiger partial charge in [-0.2, -0.15) is 0 Å². The third-order valence-corrected chi connectivity index (χ3v) is 9.41. The Morgan fingerprint density at radius 3 is 1.51 bits per heavy atom. The van der Waals surface area contributed by atoms with Crippen LogP contribution in [-0.4, -0.2) is 30.3 Å². The molecule has 286 valence electrons. The number of aromatic hydroxyl groups is 1. The molecule has 8 heteroatoms. The smallest absolute Gasteiger partial charge is 0.338 e. The van der Waals surface area contributed by atoms with Crippen LogP contribution in [-0.2, 0) is 16.1 Å². The van der Waals surface area contributed by atoms with Crippen LogP contribution in [0.15, 0.2) is 164 Å². The highest BCUT2D eigenvalue weighted by atomic mass is 35.5. The van der Waals surface area contributed by atoms with Gasteiger partial charge in [-0.1, -0.05) is 126 Å². The van der Waals surface area contributed by atoms with Crippen LogP contribution in [0.4, 0.5) is 0 Å². The summed E-state index contributed by atoms with van der Waals surface area (Å²) in [5.41, 5.74) is 9.09. The maximum absolute atomic E-state index is 12.2. The maximum atomic E-state index is 12.2. The third-order valence-electron chi connectivity index (χ3n) is 8.94. The Balaban J connectivity index is 0.000000199. The molecule has 0 saturated carbocycles. The summed E-state index contributed by atoms with van der Waals surface area (Å²) in [6.07, 6.45) is 0. The third kappa shape index (κ3) is 10.3. The van der Waals surface area contributed by atoms with Crippen LogP contribution >= 0.6 is 23.2 Å². The standard InChI is InChI=1S/C28H23ClO3.C21H17ClO3/c1-2-31-28(30)22-12-8-11-21(17-22)24-13-6-7-14-25(24)26-18-23(29)15-16-27(26)32-19-20-9-4-3-5-10-20;1-2-25-21(24)15-7-5-6-14(12-15)17-8-3-4-9-18(17)19-13-16(22)10-11-20(19)23/h3-18H,2,19H2,1H3;3-13,23H,2H2,1H3. The number of esters is 2. The molecule has 0 aliphatic rings. The molecule has 0 aliphatic carbocycles. The average molecular weight is 796 g/mol. The summed E-state index contributed by atoms with van der Waals surface area (Å²) in [5, 5.41) is 11.4. The van der Waals surface area contributed by atoms with Crippen LogP contribution in [0.2, 0.25) is 10.0 Å². The zero-order chi connectivity index (χ0) is 40.1. The van der Waals surface area contributed by atoms with Crippen molar-refractivity contribution < 1.29 is 28.9 Å². The van der Waals surface area contributed by atoms with Gasteiger partial charge >= 0.3 is 11.9 Å². The fourth-order valence-electron chi connectivity index (χ4n) is 6.29. The molecule has 0 radical (unpaired) electrons. The Bertz CT molecular complexity index is 2480. The van der Waals surface area contributed by atoms with E-state index in [2.05, 4.69) is 0 Å². The van der Waals surface area contributed by atoms with E-state index in [0.29, 0.717) is 46.6 Å². The van der Waals surface area contributed by atoms with Crippen molar-refractivity contribution in [3.63, 3.8) is 0 Å². The highest BCUT2D eigenvalue weighted by molar-refractivity contribution is 6.31. The van der Waals surface area contributed by atoms with Gasteiger partial charge in [0.15, 0.2) is 0 Å². The Labute approximate surface area is 342 Å². The second kappa shape index (κ2) is 19.5. The molecule has 7 aromatic rings. The van der Waals surface area contributed by atoms with Gasteiger partial charge in [-0.25, -0.2) is 9.59 Å². The van der Waals surface area contributed by atoms with Crippen molar-refractivity contribution in [3.8, 4) is 56.0 Å². The summed E-state index contributed by atoms with van der Waals surface area (Å²) >= 11 is 12.5. The Morgan fingerprint density at radius 2 is 0.965 bits per heavy atom. The van der Waals surface area contributed by atoms with Gasteiger partial charge in [-0.15, -0.1) is 0 Å². The molecule has 7 rings (SSSR count). The van der Waals surface area contributed by atoms with E-state index >= 15 is 0 Å². The first-order chi connectivity index (χ1) is 27.7. The topological polar surface area (TPSA) is 82.1 Å². The minimum Gasteiger partial charge on any atom is -0.507 e. The SMILES string of the molecule is CCOC(=O)c1cccc(-c2ccccc2-c2cc(Cl)ccc2O)c1.CCOC(=O)c1cccc(-c2ccccc2-c2cc(Cl)ccc2OCc2ccccc2)c1. The molecule has 0 aliphatic heterocycles. The predicted octanol–water partition coefficient (Wildman–Crippen LogP) is 13.0. The van der Waals surface area contributed by atoms with Crippen LogP contribution in [0.3, 0.4) is 0 Å². The molecule has 0 bridgehead atoms. The molecule has 6 nitrogen and oxygen atoms in total. The van der Waals surface area contributed by atoms with Crippen molar-refractivity contribution in [2.75, 3.05) is 13.2 Å². The number of halogens is 2. The largest absolute Gasteiger partial charge is 0.507 e. The molecule has 0 unspecified atom stereocenters. The van der Waals surface area contributed by atoms with Gasteiger partial charge in [0.25, 0.3) is 0 Å². The van der Waals surface area contributed by atoms with Crippen molar-refractivity contribution in [3.05, 3.63) is 191 Å². The van der Waals surface area contributed by atoms with Crippen LogP contribution in [0.25, 0.3) is 44.5 Å². The quantitative estimate of drug-likeness (QED) is 0.131. The van der Waals surface area contributed by atoms with Crippen molar-refractivity contribution in [1.82, 2.24) is 0 Å². The minimum absolute atomic E-state index is 0.151. The van der Waals surface area contributed by atoms with Crippen molar-refractivity contribution in [1.29, 1.82) is 0 Å². The number of benzene rings is 7. The summed E-state index contributed by atoms with van der Waals surface area (Å²) < 4.78 is 16.4. The van der Waals surface area contributed by atoms with E-state index in [1.165, 1.54) is 0 Å². The van der Waals surface area contributed by atoms with Crippen molar-refractivity contribution in [2.45, 2.75) is 20.5 Å². The van der Waals surface area contributed by atoms with Gasteiger partial charge in [0.2, 0.25) is 0 Å². The van der Waals surface area contributed by atoms with Gasteiger partial charge in [0, 0.05) is 21.2 Å². The Morgan fingerprint density at radius 1 is 0.491 bits per heavy atom. The summed E-state index contributed by atoms with van der Waals surface area (Å²) in [7, 11) is 0. The zero-order valence-corrected chi connectivity index (χ0v) is 33.0. The lowest BCUT2D eigenvalue weighted by molar-refractivity contribution is 0.0517. The Hall–Kier alpha value is -6.34. The van der Waals surface area contributed by atoms with Gasteiger partial charge in [0.1, 0.15) is 18.1 Å². The monoisotopic (exact) mass is 794 g/mol. The lowest BCUT2D eigenvalue weighted by Gasteiger charge is -2.16. The lowest BCUT2D eigenvalue weighted by atomic mass is 9.93. The summed E-state index contributed by atoms with van der Waals surface area (Å²) in [6, 6.07) is 51.0. The van der Waals surface area contributed by atoms with Gasteiger partial charge < -0.3 is 19.3 Å². The minimum atomic E-state index is -0.354. The van der Waals surface area contributed by atoms with Crippen LogP contribution < -0.4 is 4.74 Å². The molecule has 0 heterocycles. The molecule has 1 N–H and O–H groups in total. The van der Waals surface area contributed by atoms with Gasteiger partial charge in [-0.05, 0) is 113 Å². The predicted molar refractivity (Wildman–Crippen MR) is 229 cm³/mol. The summed E-state index contributed by atoms with van der Waals surface area (Å²) in [4.78, 5) is 24.2. The van der Waals surface area contributed by atoms with E-state index in [4.69, 9.17) is 37.4 Å². The molecule has 0 atom stereocenters. The van der Waals surface area contributed by atoms with E-state index in [-0.39, 0.29) is 17.7 Å². The molecule has 0 amide bonds. The molecule has 7 aromatic carbocycles. The number of carbonyl (C=O) groups is 2. The first kappa shape index (κ1) is 40.3. The van der Waals surface area contributed by atoms with E-state index in [9.17, 15) is 14.7 Å². The van der Waals surface area contributed by atoms with Crippen LogP contribution in [0.5, 0.6) is 11.5 Å². The number of phenolic OH excluding ortho intramolecular Hbond substituents is 1. The first-order valence-electron chi connectivity index (χ1n) is 18.4. The van der Waals surface area contributed by atoms with E-state index in [1.54, 1.807) is 50.2 Å². The first-order valence-corrected chi connectivity index (χ1v) is 19.2. The highest BCUT2D eigenvalue weighted by Gasteiger charge is 2.16. The summed E-state index contributed by atoms with van der Waals surface area (Å²) in [5.74, 6) is 0.208. The highest BCUT2D eigenvalue weighted by Crippen LogP contribution is 2.40. The van der Waals surface area contributed by atoms with E-state index in [1.807, 2.05) is 127 Å². The van der Waals surface area contributed by atoms with E-state index < -0.39 is 0 Å². The average Bonchev–Trinajstić information content (AvgIpc) is 3.25. The molecular weight excluding hydrogens is 755 g/mol. The van der Waals surface area contributed by atoms with Gasteiger partial charge in [-0.3, -0.25) is 0 Å². The summed E-state index contributed by atoms with van der Waals surface area (Å²) in [6.45, 7) is 4.70. The second-order valence-corrected chi connectivity index (χ2v) is 13.6. The zero-order valence-electron chi connectivity index (χ0n) is 31.5.